The molecule has 0 radical (unpaired) electrons. The van der Waals surface area contributed by atoms with Crippen molar-refractivity contribution in [1.29, 1.82) is 0 Å². The van der Waals surface area contributed by atoms with Crippen molar-refractivity contribution in [2.24, 2.45) is 0 Å². The molecule has 0 heterocycles. The Hall–Kier alpha value is -2.70. The average Bonchev–Trinajstić information content (AvgIpc) is 2.80. The van der Waals surface area contributed by atoms with Crippen molar-refractivity contribution in [3.8, 4) is 23.0 Å². The van der Waals surface area contributed by atoms with E-state index >= 15 is 0 Å². The highest BCUT2D eigenvalue weighted by Gasteiger charge is 2.19. The second kappa shape index (κ2) is 16.1. The SMILES string of the molecule is C=C(C)C=C(Sc1c(OC)cccc1OC(C)C)Sc1c(OC)cccc1OC(C)C.C=CC(=C)C. The van der Waals surface area contributed by atoms with Gasteiger partial charge in [0.2, 0.25) is 0 Å². The maximum Gasteiger partial charge on any atom is 0.137 e. The number of benzene rings is 2. The smallest absolute Gasteiger partial charge is 0.137 e. The molecule has 0 aliphatic carbocycles. The van der Waals surface area contributed by atoms with Gasteiger partial charge in [0, 0.05) is 0 Å². The number of hydrogen-bond acceptors (Lipinski definition) is 6. The lowest BCUT2D eigenvalue weighted by molar-refractivity contribution is 0.234. The van der Waals surface area contributed by atoms with Gasteiger partial charge >= 0.3 is 0 Å². The fourth-order valence-electron chi connectivity index (χ4n) is 2.69. The predicted octanol–water partition coefficient (Wildman–Crippen LogP) is 9.33. The van der Waals surface area contributed by atoms with Crippen LogP contribution in [0.2, 0.25) is 0 Å². The van der Waals surface area contributed by atoms with Crippen LogP contribution in [0.25, 0.3) is 0 Å². The van der Waals surface area contributed by atoms with Crippen LogP contribution in [0, 0.1) is 0 Å². The minimum Gasteiger partial charge on any atom is -0.495 e. The van der Waals surface area contributed by atoms with Crippen LogP contribution in [0.4, 0.5) is 0 Å². The van der Waals surface area contributed by atoms with Crippen LogP contribution in [0.15, 0.2) is 93.5 Å². The number of ether oxygens (including phenoxy) is 4. The van der Waals surface area contributed by atoms with Gasteiger partial charge in [0.05, 0.1) is 40.5 Å². The van der Waals surface area contributed by atoms with E-state index in [0.717, 1.165) is 48.2 Å². The summed E-state index contributed by atoms with van der Waals surface area (Å²) in [6, 6.07) is 11.7. The largest absolute Gasteiger partial charge is 0.495 e. The Bertz CT molecular complexity index is 989. The highest BCUT2D eigenvalue weighted by Crippen LogP contribution is 2.51. The standard InChI is InChI=1S/C25H32O4S2.C5H8/c1-16(2)15-23(30-24-19(26-7)11-9-13-21(24)28-17(3)4)31-25-20(27-8)12-10-14-22(25)29-18(5)6;1-4-5(2)3/h9-15,17-18H,1H2,2-8H3;4H,1-2H2,3H3. The molecular formula is C30H40O4S2. The van der Waals surface area contributed by atoms with Crippen LogP contribution in [-0.2, 0) is 0 Å². The normalized spacial score (nSPS) is 10.2. The molecule has 6 heteroatoms. The zero-order valence-corrected chi connectivity index (χ0v) is 24.5. The van der Waals surface area contributed by atoms with Crippen LogP contribution in [0.5, 0.6) is 23.0 Å². The Balaban J connectivity index is 0.00000118. The van der Waals surface area contributed by atoms with E-state index in [-0.39, 0.29) is 12.2 Å². The van der Waals surface area contributed by atoms with Gasteiger partial charge in [-0.2, -0.15) is 0 Å². The second-order valence-corrected chi connectivity index (χ2v) is 10.8. The number of hydrogen-bond donors (Lipinski definition) is 0. The number of rotatable bonds is 12. The lowest BCUT2D eigenvalue weighted by Gasteiger charge is -2.19. The molecule has 0 saturated carbocycles. The van der Waals surface area contributed by atoms with Crippen LogP contribution in [0.1, 0.15) is 41.5 Å². The third-order valence-electron chi connectivity index (χ3n) is 4.17. The summed E-state index contributed by atoms with van der Waals surface area (Å²) >= 11 is 3.16. The Kier molecular flexibility index (Phi) is 14.0. The molecule has 0 aromatic heterocycles. The lowest BCUT2D eigenvalue weighted by Crippen LogP contribution is -2.07. The zero-order valence-electron chi connectivity index (χ0n) is 22.8. The molecular weight excluding hydrogens is 488 g/mol. The maximum atomic E-state index is 6.06. The quantitative estimate of drug-likeness (QED) is 0.202. The highest BCUT2D eigenvalue weighted by molar-refractivity contribution is 8.22. The molecule has 0 unspecified atom stereocenters. The molecule has 4 nitrogen and oxygen atoms in total. The fourth-order valence-corrected chi connectivity index (χ4v) is 5.22. The first-order valence-electron chi connectivity index (χ1n) is 11.7. The van der Waals surface area contributed by atoms with Gasteiger partial charge in [-0.25, -0.2) is 0 Å². The molecule has 0 saturated heterocycles. The van der Waals surface area contributed by atoms with Gasteiger partial charge in [-0.05, 0) is 71.9 Å². The number of thioether (sulfide) groups is 2. The molecule has 0 N–H and O–H groups in total. The molecule has 0 spiro atoms. The first-order valence-corrected chi connectivity index (χ1v) is 13.3. The average molecular weight is 529 g/mol. The second-order valence-electron chi connectivity index (χ2n) is 8.47. The van der Waals surface area contributed by atoms with Gasteiger partial charge in [-0.3, -0.25) is 0 Å². The van der Waals surface area contributed by atoms with E-state index in [2.05, 4.69) is 19.7 Å². The first kappa shape index (κ1) is 31.3. The van der Waals surface area contributed by atoms with Gasteiger partial charge in [0.15, 0.2) is 0 Å². The van der Waals surface area contributed by atoms with Gasteiger partial charge in [0.1, 0.15) is 23.0 Å². The molecule has 36 heavy (non-hydrogen) atoms. The maximum absolute atomic E-state index is 6.06. The molecule has 0 aliphatic heterocycles. The molecule has 0 atom stereocenters. The summed E-state index contributed by atoms with van der Waals surface area (Å²) in [5.41, 5.74) is 1.96. The molecule has 2 aromatic carbocycles. The third-order valence-corrected chi connectivity index (χ3v) is 6.52. The van der Waals surface area contributed by atoms with Crippen molar-refractivity contribution < 1.29 is 18.9 Å². The van der Waals surface area contributed by atoms with Crippen LogP contribution < -0.4 is 18.9 Å². The molecule has 196 valence electrons. The Morgan fingerprint density at radius 1 is 0.722 bits per heavy atom. The van der Waals surface area contributed by atoms with Gasteiger partial charge in [0.25, 0.3) is 0 Å². The van der Waals surface area contributed by atoms with Crippen molar-refractivity contribution in [2.75, 3.05) is 14.2 Å². The van der Waals surface area contributed by atoms with E-state index < -0.39 is 0 Å². The summed E-state index contributed by atoms with van der Waals surface area (Å²) in [7, 11) is 3.34. The summed E-state index contributed by atoms with van der Waals surface area (Å²) in [5.74, 6) is 3.09. The van der Waals surface area contributed by atoms with E-state index in [1.165, 1.54) is 0 Å². The van der Waals surface area contributed by atoms with Crippen molar-refractivity contribution in [1.82, 2.24) is 0 Å². The van der Waals surface area contributed by atoms with Crippen LogP contribution in [-0.4, -0.2) is 26.4 Å². The first-order chi connectivity index (χ1) is 17.0. The summed E-state index contributed by atoms with van der Waals surface area (Å²) in [5, 5.41) is 0. The van der Waals surface area contributed by atoms with Gasteiger partial charge in [-0.15, -0.1) is 0 Å². The monoisotopic (exact) mass is 528 g/mol. The topological polar surface area (TPSA) is 36.9 Å². The minimum atomic E-state index is 0.0490. The van der Waals surface area contributed by atoms with Crippen molar-refractivity contribution in [3.63, 3.8) is 0 Å². The summed E-state index contributed by atoms with van der Waals surface area (Å²) < 4.78 is 24.4. The Morgan fingerprint density at radius 2 is 1.08 bits per heavy atom. The van der Waals surface area contributed by atoms with Gasteiger partial charge in [-0.1, -0.05) is 72.6 Å². The van der Waals surface area contributed by atoms with E-state index in [4.69, 9.17) is 18.9 Å². The van der Waals surface area contributed by atoms with Crippen LogP contribution >= 0.6 is 23.5 Å². The molecule has 2 aromatic rings. The minimum absolute atomic E-state index is 0.0490. The van der Waals surface area contributed by atoms with E-state index in [9.17, 15) is 0 Å². The Labute approximate surface area is 226 Å². The summed E-state index contributed by atoms with van der Waals surface area (Å²) in [6.45, 7) is 23.0. The fraction of sp³-hybridized carbons (Fsp3) is 0.333. The summed E-state index contributed by atoms with van der Waals surface area (Å²) in [4.78, 5) is 1.83. The lowest BCUT2D eigenvalue weighted by atomic mass is 10.3. The molecule has 0 amide bonds. The zero-order chi connectivity index (χ0) is 27.3. The molecule has 0 aliphatic rings. The summed E-state index contributed by atoms with van der Waals surface area (Å²) in [6.07, 6.45) is 3.87. The molecule has 0 fully saturated rings. The molecule has 0 bridgehead atoms. The number of methoxy groups -OCH3 is 2. The van der Waals surface area contributed by atoms with Crippen molar-refractivity contribution >= 4 is 23.5 Å². The Morgan fingerprint density at radius 3 is 1.36 bits per heavy atom. The van der Waals surface area contributed by atoms with Crippen LogP contribution in [0.3, 0.4) is 0 Å². The van der Waals surface area contributed by atoms with E-state index in [1.807, 2.05) is 84.0 Å². The van der Waals surface area contributed by atoms with E-state index in [0.29, 0.717) is 0 Å². The highest BCUT2D eigenvalue weighted by atomic mass is 32.2. The van der Waals surface area contributed by atoms with Gasteiger partial charge < -0.3 is 18.9 Å². The van der Waals surface area contributed by atoms with Crippen molar-refractivity contribution in [3.05, 3.63) is 83.7 Å². The molecule has 2 rings (SSSR count). The van der Waals surface area contributed by atoms with E-state index in [1.54, 1.807) is 43.8 Å². The van der Waals surface area contributed by atoms with Crippen molar-refractivity contribution in [2.45, 2.75) is 63.5 Å². The number of allylic oxidation sites excluding steroid dienone is 4. The predicted molar refractivity (Wildman–Crippen MR) is 157 cm³/mol. The third kappa shape index (κ3) is 10.9.